The van der Waals surface area contributed by atoms with Crippen LogP contribution < -0.4 is 5.32 Å². The van der Waals surface area contributed by atoms with Crippen LogP contribution in [0.5, 0.6) is 0 Å². The molecule has 0 aromatic carbocycles. The fourth-order valence-corrected chi connectivity index (χ4v) is 2.23. The third-order valence-corrected chi connectivity index (χ3v) is 3.28. The molecule has 0 atom stereocenters. The first kappa shape index (κ1) is 15.0. The number of hydrogen-bond acceptors (Lipinski definition) is 5. The van der Waals surface area contributed by atoms with Crippen LogP contribution in [-0.4, -0.2) is 31.1 Å². The average Bonchev–Trinajstić information content (AvgIpc) is 2.93. The number of hydrogen-bond donors (Lipinski definition) is 2. The van der Waals surface area contributed by atoms with E-state index in [1.165, 1.54) is 0 Å². The van der Waals surface area contributed by atoms with Gasteiger partial charge >= 0.3 is 5.97 Å². The topological polar surface area (TPSA) is 92.9 Å². The maximum atomic E-state index is 11.6. The second-order valence-electron chi connectivity index (χ2n) is 4.57. The third kappa shape index (κ3) is 3.01. The van der Waals surface area contributed by atoms with Crippen LogP contribution in [0.2, 0.25) is 0 Å². The largest absolute Gasteiger partial charge is 0.478 e. The number of nitrogens with one attached hydrogen (secondary N) is 1. The standard InChI is InChI=1S/C14H19N5O2/c1-4-10-11(5-2)17-18-13(12(10)14(20)21)16-9-7-15-19(6-3)8-9/h7-8H,4-6H2,1-3H3,(H,16,18)(H,20,21). The summed E-state index contributed by atoms with van der Waals surface area (Å²) in [4.78, 5) is 11.6. The van der Waals surface area contributed by atoms with Crippen LogP contribution in [0.1, 0.15) is 42.4 Å². The van der Waals surface area contributed by atoms with Crippen molar-refractivity contribution >= 4 is 17.5 Å². The maximum absolute atomic E-state index is 11.6. The minimum absolute atomic E-state index is 0.189. The first-order chi connectivity index (χ1) is 10.1. The van der Waals surface area contributed by atoms with Crippen molar-refractivity contribution in [3.63, 3.8) is 0 Å². The van der Waals surface area contributed by atoms with Gasteiger partial charge in [-0.15, -0.1) is 5.10 Å². The molecular weight excluding hydrogens is 270 g/mol. The Hall–Kier alpha value is -2.44. The minimum Gasteiger partial charge on any atom is -0.478 e. The fourth-order valence-electron chi connectivity index (χ4n) is 2.23. The van der Waals surface area contributed by atoms with E-state index in [0.29, 0.717) is 18.5 Å². The van der Waals surface area contributed by atoms with E-state index in [-0.39, 0.29) is 11.4 Å². The predicted octanol–water partition coefficient (Wildman–Crippen LogP) is 2.26. The second-order valence-corrected chi connectivity index (χ2v) is 4.57. The number of anilines is 2. The van der Waals surface area contributed by atoms with Gasteiger partial charge in [-0.2, -0.15) is 10.2 Å². The lowest BCUT2D eigenvalue weighted by atomic mass is 10.0. The smallest absolute Gasteiger partial charge is 0.339 e. The van der Waals surface area contributed by atoms with Crippen molar-refractivity contribution in [2.75, 3.05) is 5.32 Å². The molecule has 2 aromatic rings. The van der Waals surface area contributed by atoms with E-state index >= 15 is 0 Å². The summed E-state index contributed by atoms with van der Waals surface area (Å²) < 4.78 is 1.75. The average molecular weight is 289 g/mol. The first-order valence-electron chi connectivity index (χ1n) is 7.01. The molecule has 0 saturated heterocycles. The highest BCUT2D eigenvalue weighted by Crippen LogP contribution is 2.23. The molecule has 2 aromatic heterocycles. The Morgan fingerprint density at radius 3 is 2.57 bits per heavy atom. The molecule has 112 valence electrons. The summed E-state index contributed by atoms with van der Waals surface area (Å²) in [6.07, 6.45) is 4.69. The number of aryl methyl sites for hydroxylation is 2. The molecule has 2 N–H and O–H groups in total. The van der Waals surface area contributed by atoms with Crippen LogP contribution in [0.25, 0.3) is 0 Å². The summed E-state index contributed by atoms with van der Waals surface area (Å²) in [5, 5.41) is 24.8. The molecule has 2 heterocycles. The molecule has 7 heteroatoms. The summed E-state index contributed by atoms with van der Waals surface area (Å²) in [5.41, 5.74) is 2.34. The van der Waals surface area contributed by atoms with Gasteiger partial charge in [0.25, 0.3) is 0 Å². The summed E-state index contributed by atoms with van der Waals surface area (Å²) in [7, 11) is 0. The van der Waals surface area contributed by atoms with E-state index in [0.717, 1.165) is 17.8 Å². The summed E-state index contributed by atoms with van der Waals surface area (Å²) in [5.74, 6) is -0.742. The molecule has 21 heavy (non-hydrogen) atoms. The van der Waals surface area contributed by atoms with Crippen molar-refractivity contribution < 1.29 is 9.90 Å². The molecule has 0 saturated carbocycles. The maximum Gasteiger partial charge on any atom is 0.339 e. The molecule has 0 aliphatic heterocycles. The van der Waals surface area contributed by atoms with E-state index in [2.05, 4.69) is 20.6 Å². The zero-order valence-electron chi connectivity index (χ0n) is 12.4. The van der Waals surface area contributed by atoms with Crippen molar-refractivity contribution in [3.8, 4) is 0 Å². The van der Waals surface area contributed by atoms with Crippen molar-refractivity contribution in [2.45, 2.75) is 40.2 Å². The highest BCUT2D eigenvalue weighted by Gasteiger charge is 2.20. The molecule has 0 unspecified atom stereocenters. The van der Waals surface area contributed by atoms with Crippen molar-refractivity contribution in [2.24, 2.45) is 0 Å². The molecular formula is C14H19N5O2. The Morgan fingerprint density at radius 1 is 1.29 bits per heavy atom. The molecule has 0 aliphatic carbocycles. The van der Waals surface area contributed by atoms with Gasteiger partial charge in [0.1, 0.15) is 5.56 Å². The van der Waals surface area contributed by atoms with Crippen molar-refractivity contribution in [1.82, 2.24) is 20.0 Å². The van der Waals surface area contributed by atoms with Gasteiger partial charge in [0, 0.05) is 12.7 Å². The Balaban J connectivity index is 2.45. The zero-order chi connectivity index (χ0) is 15.4. The highest BCUT2D eigenvalue weighted by atomic mass is 16.4. The van der Waals surface area contributed by atoms with Gasteiger partial charge in [0.05, 0.1) is 17.6 Å². The molecule has 2 rings (SSSR count). The van der Waals surface area contributed by atoms with Crippen LogP contribution in [0.3, 0.4) is 0 Å². The second kappa shape index (κ2) is 6.34. The molecule has 0 radical (unpaired) electrons. The van der Waals surface area contributed by atoms with E-state index in [4.69, 9.17) is 0 Å². The number of carboxylic acids is 1. The molecule has 0 bridgehead atoms. The van der Waals surface area contributed by atoms with Gasteiger partial charge in [0.2, 0.25) is 0 Å². The SMILES string of the molecule is CCc1nnc(Nc2cnn(CC)c2)c(C(=O)O)c1CC. The summed E-state index contributed by atoms with van der Waals surface area (Å²) in [6.45, 7) is 6.58. The Kier molecular flexibility index (Phi) is 4.52. The normalized spacial score (nSPS) is 10.6. The summed E-state index contributed by atoms with van der Waals surface area (Å²) >= 11 is 0. The number of nitrogens with zero attached hydrogens (tertiary/aromatic N) is 4. The minimum atomic E-state index is -0.998. The van der Waals surface area contributed by atoms with Gasteiger partial charge in [-0.25, -0.2) is 4.79 Å². The van der Waals surface area contributed by atoms with Crippen LogP contribution >= 0.6 is 0 Å². The summed E-state index contributed by atoms with van der Waals surface area (Å²) in [6, 6.07) is 0. The van der Waals surface area contributed by atoms with E-state index in [1.54, 1.807) is 17.1 Å². The number of carboxylic acid groups (broad SMARTS) is 1. The van der Waals surface area contributed by atoms with Gasteiger partial charge in [-0.1, -0.05) is 13.8 Å². The van der Waals surface area contributed by atoms with Crippen LogP contribution in [0.4, 0.5) is 11.5 Å². The zero-order valence-corrected chi connectivity index (χ0v) is 12.4. The van der Waals surface area contributed by atoms with Crippen LogP contribution in [-0.2, 0) is 19.4 Å². The Labute approximate surface area is 123 Å². The van der Waals surface area contributed by atoms with Gasteiger partial charge in [-0.05, 0) is 25.3 Å². The van der Waals surface area contributed by atoms with E-state index < -0.39 is 5.97 Å². The molecule has 0 aliphatic rings. The molecule has 7 nitrogen and oxygen atoms in total. The van der Waals surface area contributed by atoms with Gasteiger partial charge in [0.15, 0.2) is 5.82 Å². The van der Waals surface area contributed by atoms with Crippen molar-refractivity contribution in [1.29, 1.82) is 0 Å². The van der Waals surface area contributed by atoms with Gasteiger partial charge in [-0.3, -0.25) is 4.68 Å². The van der Waals surface area contributed by atoms with Gasteiger partial charge < -0.3 is 10.4 Å². The Bertz CT molecular complexity index is 651. The number of rotatable bonds is 6. The van der Waals surface area contributed by atoms with Crippen LogP contribution in [0.15, 0.2) is 12.4 Å². The monoisotopic (exact) mass is 289 g/mol. The lowest BCUT2D eigenvalue weighted by Gasteiger charge is -2.12. The quantitative estimate of drug-likeness (QED) is 0.847. The number of carbonyl (C=O) groups is 1. The lowest BCUT2D eigenvalue weighted by molar-refractivity contribution is 0.0696. The molecule has 0 fully saturated rings. The highest BCUT2D eigenvalue weighted by molar-refractivity contribution is 5.95. The molecule has 0 spiro atoms. The first-order valence-corrected chi connectivity index (χ1v) is 7.01. The lowest BCUT2D eigenvalue weighted by Crippen LogP contribution is -2.13. The van der Waals surface area contributed by atoms with Crippen LogP contribution in [0, 0.1) is 0 Å². The predicted molar refractivity (Wildman–Crippen MR) is 78.9 cm³/mol. The van der Waals surface area contributed by atoms with Crippen molar-refractivity contribution in [3.05, 3.63) is 29.2 Å². The molecule has 0 amide bonds. The number of aromatic carboxylic acids is 1. The van der Waals surface area contributed by atoms with E-state index in [9.17, 15) is 9.90 Å². The fraction of sp³-hybridized carbons (Fsp3) is 0.429. The Morgan fingerprint density at radius 2 is 2.05 bits per heavy atom. The third-order valence-electron chi connectivity index (χ3n) is 3.28. The number of aromatic nitrogens is 4. The van der Waals surface area contributed by atoms with E-state index in [1.807, 2.05) is 20.8 Å².